The molecule has 1 aliphatic carbocycles. The quantitative estimate of drug-likeness (QED) is 0.524. The highest BCUT2D eigenvalue weighted by Crippen LogP contribution is 2.30. The molecule has 0 unspecified atom stereocenters. The third-order valence-electron chi connectivity index (χ3n) is 3.80. The maximum Gasteiger partial charge on any atom is 0.222 e. The summed E-state index contributed by atoms with van der Waals surface area (Å²) in [6.45, 7) is 1.30. The van der Waals surface area contributed by atoms with Crippen LogP contribution in [-0.4, -0.2) is 40.4 Å². The second-order valence-corrected chi connectivity index (χ2v) is 5.24. The Bertz CT molecular complexity index is 250. The van der Waals surface area contributed by atoms with E-state index in [1.165, 1.54) is 0 Å². The van der Waals surface area contributed by atoms with Crippen LogP contribution in [0.5, 0.6) is 0 Å². The molecule has 0 aromatic rings. The van der Waals surface area contributed by atoms with Crippen LogP contribution in [0.25, 0.3) is 0 Å². The summed E-state index contributed by atoms with van der Waals surface area (Å²) in [6, 6.07) is 0. The van der Waals surface area contributed by atoms with Crippen molar-refractivity contribution in [1.29, 1.82) is 0 Å². The number of carbonyl (C=O) groups excluding carboxylic acids is 1. The molecule has 17 heavy (non-hydrogen) atoms. The van der Waals surface area contributed by atoms with E-state index in [0.29, 0.717) is 6.42 Å². The Kier molecular flexibility index (Phi) is 4.91. The maximum absolute atomic E-state index is 11.9. The van der Waals surface area contributed by atoms with Crippen LogP contribution in [0.4, 0.5) is 0 Å². The van der Waals surface area contributed by atoms with Crippen LogP contribution in [0.15, 0.2) is 0 Å². The van der Waals surface area contributed by atoms with Gasteiger partial charge in [-0.05, 0) is 19.3 Å². The molecule has 0 heterocycles. The van der Waals surface area contributed by atoms with Crippen molar-refractivity contribution < 1.29 is 15.0 Å². The van der Waals surface area contributed by atoms with Crippen LogP contribution in [0, 0.1) is 0 Å². The second kappa shape index (κ2) is 5.80. The highest BCUT2D eigenvalue weighted by Gasteiger charge is 2.35. The first kappa shape index (κ1) is 14.4. The molecule has 0 aromatic carbocycles. The molecule has 0 radical (unpaired) electrons. The van der Waals surface area contributed by atoms with Gasteiger partial charge in [0.05, 0.1) is 18.8 Å². The van der Waals surface area contributed by atoms with E-state index in [2.05, 4.69) is 5.32 Å². The third-order valence-corrected chi connectivity index (χ3v) is 3.80. The minimum absolute atomic E-state index is 0.181. The van der Waals surface area contributed by atoms with Gasteiger partial charge in [0.15, 0.2) is 0 Å². The summed E-state index contributed by atoms with van der Waals surface area (Å²) in [5, 5.41) is 21.2. The molecule has 0 spiro atoms. The fourth-order valence-electron chi connectivity index (χ4n) is 2.36. The van der Waals surface area contributed by atoms with Crippen molar-refractivity contribution in [3.8, 4) is 0 Å². The van der Waals surface area contributed by atoms with Gasteiger partial charge in [0.1, 0.15) is 0 Å². The normalized spacial score (nSPS) is 19.3. The van der Waals surface area contributed by atoms with Gasteiger partial charge in [-0.1, -0.05) is 19.8 Å². The largest absolute Gasteiger partial charge is 0.394 e. The average Bonchev–Trinajstić information content (AvgIpc) is 2.72. The van der Waals surface area contributed by atoms with Crippen molar-refractivity contribution in [3.05, 3.63) is 0 Å². The summed E-state index contributed by atoms with van der Waals surface area (Å²) >= 11 is 0. The minimum atomic E-state index is -0.911. The van der Waals surface area contributed by atoms with Gasteiger partial charge in [-0.25, -0.2) is 0 Å². The fourth-order valence-corrected chi connectivity index (χ4v) is 2.36. The smallest absolute Gasteiger partial charge is 0.222 e. The van der Waals surface area contributed by atoms with Crippen LogP contribution in [-0.2, 0) is 4.79 Å². The third kappa shape index (κ3) is 3.66. The molecule has 5 heteroatoms. The van der Waals surface area contributed by atoms with E-state index < -0.39 is 11.1 Å². The molecule has 1 fully saturated rings. The zero-order valence-corrected chi connectivity index (χ0v) is 10.5. The minimum Gasteiger partial charge on any atom is -0.394 e. The summed E-state index contributed by atoms with van der Waals surface area (Å²) in [5.74, 6) is -0.181. The maximum atomic E-state index is 11.9. The first-order valence-electron chi connectivity index (χ1n) is 6.31. The van der Waals surface area contributed by atoms with E-state index >= 15 is 0 Å². The van der Waals surface area contributed by atoms with Crippen LogP contribution in [0.1, 0.15) is 45.4 Å². The average molecular weight is 244 g/mol. The summed E-state index contributed by atoms with van der Waals surface area (Å²) in [6.07, 6.45) is 4.65. The van der Waals surface area contributed by atoms with E-state index in [4.69, 9.17) is 5.73 Å². The Morgan fingerprint density at radius 3 is 2.29 bits per heavy atom. The van der Waals surface area contributed by atoms with E-state index in [-0.39, 0.29) is 25.5 Å². The molecule has 0 aromatic heterocycles. The lowest BCUT2D eigenvalue weighted by molar-refractivity contribution is -0.125. The number of rotatable bonds is 6. The molecule has 5 nitrogen and oxygen atoms in total. The van der Waals surface area contributed by atoms with Crippen LogP contribution in [0.2, 0.25) is 0 Å². The summed E-state index contributed by atoms with van der Waals surface area (Å²) in [7, 11) is 0. The van der Waals surface area contributed by atoms with E-state index in [9.17, 15) is 15.0 Å². The van der Waals surface area contributed by atoms with E-state index in [1.54, 1.807) is 0 Å². The van der Waals surface area contributed by atoms with Crippen molar-refractivity contribution in [2.75, 3.05) is 13.2 Å². The standard InChI is InChI=1S/C12H24N2O3/c1-2-12(8-15,9-16)14-10(17)7-11(13)5-3-4-6-11/h15-16H,2-9,13H2,1H3,(H,14,17). The number of hydrogen-bond donors (Lipinski definition) is 4. The highest BCUT2D eigenvalue weighted by molar-refractivity contribution is 5.78. The van der Waals surface area contributed by atoms with Crippen molar-refractivity contribution in [2.24, 2.45) is 5.73 Å². The molecule has 1 saturated carbocycles. The van der Waals surface area contributed by atoms with Gasteiger partial charge < -0.3 is 21.3 Å². The number of carbonyl (C=O) groups is 1. The predicted molar refractivity (Wildman–Crippen MR) is 65.3 cm³/mol. The van der Waals surface area contributed by atoms with Gasteiger partial charge in [0.2, 0.25) is 5.91 Å². The molecule has 0 saturated heterocycles. The molecule has 0 bridgehead atoms. The Labute approximate surface area is 102 Å². The Morgan fingerprint density at radius 1 is 1.35 bits per heavy atom. The van der Waals surface area contributed by atoms with Gasteiger partial charge in [0, 0.05) is 12.0 Å². The highest BCUT2D eigenvalue weighted by atomic mass is 16.3. The molecular weight excluding hydrogens is 220 g/mol. The zero-order chi connectivity index (χ0) is 12.9. The second-order valence-electron chi connectivity index (χ2n) is 5.24. The van der Waals surface area contributed by atoms with Crippen LogP contribution >= 0.6 is 0 Å². The zero-order valence-electron chi connectivity index (χ0n) is 10.5. The Morgan fingerprint density at radius 2 is 1.88 bits per heavy atom. The van der Waals surface area contributed by atoms with Crippen LogP contribution < -0.4 is 11.1 Å². The summed E-state index contributed by atoms with van der Waals surface area (Å²) in [5.41, 5.74) is 4.81. The Hall–Kier alpha value is -0.650. The lowest BCUT2D eigenvalue weighted by Crippen LogP contribution is -2.55. The van der Waals surface area contributed by atoms with Gasteiger partial charge >= 0.3 is 0 Å². The number of hydrogen-bond acceptors (Lipinski definition) is 4. The molecule has 1 amide bonds. The molecule has 1 rings (SSSR count). The monoisotopic (exact) mass is 244 g/mol. The van der Waals surface area contributed by atoms with E-state index in [0.717, 1.165) is 25.7 Å². The number of aliphatic hydroxyl groups excluding tert-OH is 2. The van der Waals surface area contributed by atoms with Crippen molar-refractivity contribution in [2.45, 2.75) is 56.5 Å². The lowest BCUT2D eigenvalue weighted by atomic mass is 9.92. The molecule has 5 N–H and O–H groups in total. The molecule has 100 valence electrons. The van der Waals surface area contributed by atoms with Gasteiger partial charge in [-0.2, -0.15) is 0 Å². The summed E-state index contributed by atoms with van der Waals surface area (Å²) in [4.78, 5) is 11.9. The SMILES string of the molecule is CCC(CO)(CO)NC(=O)CC1(N)CCCC1. The Balaban J connectivity index is 2.53. The molecule has 1 aliphatic rings. The lowest BCUT2D eigenvalue weighted by Gasteiger charge is -2.32. The number of amides is 1. The fraction of sp³-hybridized carbons (Fsp3) is 0.917. The first-order valence-corrected chi connectivity index (χ1v) is 6.31. The van der Waals surface area contributed by atoms with Crippen molar-refractivity contribution in [1.82, 2.24) is 5.32 Å². The number of aliphatic hydroxyl groups is 2. The van der Waals surface area contributed by atoms with Crippen LogP contribution in [0.3, 0.4) is 0 Å². The number of nitrogens with one attached hydrogen (secondary N) is 1. The van der Waals surface area contributed by atoms with Gasteiger partial charge in [-0.15, -0.1) is 0 Å². The topological polar surface area (TPSA) is 95.6 Å². The van der Waals surface area contributed by atoms with Gasteiger partial charge in [-0.3, -0.25) is 4.79 Å². The predicted octanol–water partition coefficient (Wildman–Crippen LogP) is -0.102. The molecular formula is C12H24N2O3. The summed E-state index contributed by atoms with van der Waals surface area (Å²) < 4.78 is 0. The first-order chi connectivity index (χ1) is 7.99. The molecule has 0 atom stereocenters. The van der Waals surface area contributed by atoms with Crippen molar-refractivity contribution in [3.63, 3.8) is 0 Å². The van der Waals surface area contributed by atoms with Gasteiger partial charge in [0.25, 0.3) is 0 Å². The number of nitrogens with two attached hydrogens (primary N) is 1. The van der Waals surface area contributed by atoms with Crippen molar-refractivity contribution >= 4 is 5.91 Å². The molecule has 0 aliphatic heterocycles. The van der Waals surface area contributed by atoms with E-state index in [1.807, 2.05) is 6.92 Å².